The Morgan fingerprint density at radius 1 is 1.25 bits per heavy atom. The molecule has 0 saturated heterocycles. The van der Waals surface area contributed by atoms with E-state index in [2.05, 4.69) is 12.0 Å². The summed E-state index contributed by atoms with van der Waals surface area (Å²) in [6, 6.07) is 8.34. The van der Waals surface area contributed by atoms with E-state index in [1.165, 1.54) is 10.6 Å². The van der Waals surface area contributed by atoms with Crippen LogP contribution in [0.3, 0.4) is 0 Å². The summed E-state index contributed by atoms with van der Waals surface area (Å²) in [5, 5.41) is 0. The lowest BCUT2D eigenvalue weighted by molar-refractivity contribution is 0.336. The molecule has 0 unspecified atom stereocenters. The smallest absolute Gasteiger partial charge is 0.253 e. The number of pyridine rings is 1. The highest BCUT2D eigenvalue weighted by Gasteiger charge is 2.20. The fourth-order valence-corrected chi connectivity index (χ4v) is 3.44. The number of hydrogen-bond acceptors (Lipinski definition) is 4. The fraction of sp³-hybridized carbons (Fsp3) is 0.278. The average molecular weight is 345 g/mol. The van der Waals surface area contributed by atoms with Crippen LogP contribution in [0.5, 0.6) is 0 Å². The van der Waals surface area contributed by atoms with Crippen LogP contribution in [0, 0.1) is 19.0 Å². The summed E-state index contributed by atoms with van der Waals surface area (Å²) in [6.45, 7) is 3.55. The molecule has 1 aromatic carbocycles. The van der Waals surface area contributed by atoms with Gasteiger partial charge in [-0.3, -0.25) is 4.79 Å². The molecular formula is C18H19NO4S. The number of ether oxygens (including phenoxy) is 1. The summed E-state index contributed by atoms with van der Waals surface area (Å²) in [6.07, 6.45) is 4.59. The van der Waals surface area contributed by atoms with E-state index in [-0.39, 0.29) is 10.5 Å². The van der Waals surface area contributed by atoms with Crippen molar-refractivity contribution in [2.24, 2.45) is 7.05 Å². The zero-order valence-electron chi connectivity index (χ0n) is 13.9. The van der Waals surface area contributed by atoms with Crippen molar-refractivity contribution < 1.29 is 13.2 Å². The van der Waals surface area contributed by atoms with Gasteiger partial charge < -0.3 is 9.30 Å². The average Bonchev–Trinajstić information content (AvgIpc) is 2.56. The first kappa shape index (κ1) is 17.8. The fourth-order valence-electron chi connectivity index (χ4n) is 2.30. The maximum atomic E-state index is 12.6. The molecule has 1 heterocycles. The highest BCUT2D eigenvalue weighted by Crippen LogP contribution is 2.27. The summed E-state index contributed by atoms with van der Waals surface area (Å²) >= 11 is 0. The molecule has 126 valence electrons. The molecule has 5 nitrogen and oxygen atoms in total. The van der Waals surface area contributed by atoms with Crippen molar-refractivity contribution in [3.8, 4) is 23.2 Å². The number of sulfone groups is 1. The van der Waals surface area contributed by atoms with Crippen LogP contribution in [-0.4, -0.2) is 18.9 Å². The van der Waals surface area contributed by atoms with Crippen molar-refractivity contribution in [3.63, 3.8) is 0 Å². The van der Waals surface area contributed by atoms with E-state index in [1.54, 1.807) is 44.4 Å². The van der Waals surface area contributed by atoms with Crippen LogP contribution >= 0.6 is 0 Å². The van der Waals surface area contributed by atoms with Crippen molar-refractivity contribution >= 4 is 9.84 Å². The van der Waals surface area contributed by atoms with Crippen LogP contribution in [0.4, 0.5) is 0 Å². The Labute approximate surface area is 141 Å². The molecule has 0 bridgehead atoms. The first-order chi connectivity index (χ1) is 11.4. The Bertz CT molecular complexity index is 936. The molecule has 6 heteroatoms. The summed E-state index contributed by atoms with van der Waals surface area (Å²) < 4.78 is 31.5. The van der Waals surface area contributed by atoms with Crippen LogP contribution in [0.15, 0.2) is 46.2 Å². The van der Waals surface area contributed by atoms with Crippen molar-refractivity contribution in [1.29, 1.82) is 0 Å². The topological polar surface area (TPSA) is 65.4 Å². The minimum Gasteiger partial charge on any atom is -0.430 e. The lowest BCUT2D eigenvalue weighted by Crippen LogP contribution is -2.18. The third kappa shape index (κ3) is 3.87. The molecular weight excluding hydrogens is 326 g/mol. The van der Waals surface area contributed by atoms with Crippen molar-refractivity contribution in [3.05, 3.63) is 52.4 Å². The molecule has 0 saturated carbocycles. The van der Waals surface area contributed by atoms with Gasteiger partial charge in [-0.05, 0) is 24.6 Å². The van der Waals surface area contributed by atoms with Crippen molar-refractivity contribution in [2.75, 3.05) is 5.94 Å². The lowest BCUT2D eigenvalue weighted by Gasteiger charge is -2.11. The summed E-state index contributed by atoms with van der Waals surface area (Å²) in [5.74, 6) is 2.15. The van der Waals surface area contributed by atoms with E-state index in [0.29, 0.717) is 23.1 Å². The monoisotopic (exact) mass is 345 g/mol. The number of rotatable bonds is 4. The van der Waals surface area contributed by atoms with Gasteiger partial charge in [0.1, 0.15) is 6.11 Å². The Balaban J connectivity index is 2.50. The maximum Gasteiger partial charge on any atom is 0.253 e. The first-order valence-corrected chi connectivity index (χ1v) is 9.11. The Kier molecular flexibility index (Phi) is 5.47. The van der Waals surface area contributed by atoms with E-state index < -0.39 is 15.8 Å². The quantitative estimate of drug-likeness (QED) is 0.799. The minimum atomic E-state index is -3.67. The van der Waals surface area contributed by atoms with Gasteiger partial charge in [-0.1, -0.05) is 31.0 Å². The van der Waals surface area contributed by atoms with Gasteiger partial charge in [-0.2, -0.15) is 0 Å². The van der Waals surface area contributed by atoms with Gasteiger partial charge in [0.05, 0.1) is 4.90 Å². The predicted octanol–water partition coefficient (Wildman–Crippen LogP) is 2.48. The number of benzene rings is 1. The molecule has 2 rings (SSSR count). The molecule has 2 aromatic rings. The SMILES string of the molecule is CCC#COCS(=O)(=O)c1ccccc1-c1cc(C)c(=O)n(C)c1. The van der Waals surface area contributed by atoms with E-state index >= 15 is 0 Å². The molecule has 0 radical (unpaired) electrons. The first-order valence-electron chi connectivity index (χ1n) is 7.46. The molecule has 0 spiro atoms. The molecule has 24 heavy (non-hydrogen) atoms. The maximum absolute atomic E-state index is 12.6. The van der Waals surface area contributed by atoms with Gasteiger partial charge in [-0.15, -0.1) is 0 Å². The van der Waals surface area contributed by atoms with E-state index in [4.69, 9.17) is 4.74 Å². The number of aromatic nitrogens is 1. The third-order valence-corrected chi connectivity index (χ3v) is 4.89. The normalized spacial score (nSPS) is 10.8. The standard InChI is InChI=1S/C18H19NO4S/c1-4-5-10-23-13-24(21,22)17-9-7-6-8-16(17)15-11-14(2)18(20)19(3)12-15/h6-9,11-12H,4,13H2,1-3H3. The van der Waals surface area contributed by atoms with Gasteiger partial charge >= 0.3 is 0 Å². The van der Waals surface area contributed by atoms with Gasteiger partial charge in [0.2, 0.25) is 15.8 Å². The number of nitrogens with zero attached hydrogens (tertiary/aromatic N) is 1. The molecule has 0 aliphatic heterocycles. The second kappa shape index (κ2) is 7.37. The Hall–Kier alpha value is -2.52. The Morgan fingerprint density at radius 3 is 2.62 bits per heavy atom. The van der Waals surface area contributed by atoms with E-state index in [1.807, 2.05) is 6.92 Å². The van der Waals surface area contributed by atoms with Crippen LogP contribution in [0.2, 0.25) is 0 Å². The van der Waals surface area contributed by atoms with E-state index in [9.17, 15) is 13.2 Å². The zero-order valence-corrected chi connectivity index (χ0v) is 14.7. The van der Waals surface area contributed by atoms with Gasteiger partial charge in [0.25, 0.3) is 5.56 Å². The largest absolute Gasteiger partial charge is 0.430 e. The third-order valence-electron chi connectivity index (χ3n) is 3.43. The number of aryl methyl sites for hydroxylation is 2. The predicted molar refractivity (Wildman–Crippen MR) is 93.1 cm³/mol. The van der Waals surface area contributed by atoms with Crippen molar-refractivity contribution in [1.82, 2.24) is 4.57 Å². The summed E-state index contributed by atoms with van der Waals surface area (Å²) in [5.41, 5.74) is 1.63. The second-order valence-electron chi connectivity index (χ2n) is 5.33. The molecule has 0 atom stereocenters. The summed E-state index contributed by atoms with van der Waals surface area (Å²) in [7, 11) is -2.03. The van der Waals surface area contributed by atoms with Crippen LogP contribution in [0.25, 0.3) is 11.1 Å². The van der Waals surface area contributed by atoms with Gasteiger partial charge in [0.15, 0.2) is 0 Å². The van der Waals surface area contributed by atoms with Crippen LogP contribution in [0.1, 0.15) is 18.9 Å². The lowest BCUT2D eigenvalue weighted by atomic mass is 10.1. The highest BCUT2D eigenvalue weighted by atomic mass is 32.2. The van der Waals surface area contributed by atoms with E-state index in [0.717, 1.165) is 0 Å². The molecule has 0 N–H and O–H groups in total. The van der Waals surface area contributed by atoms with Crippen LogP contribution in [-0.2, 0) is 21.6 Å². The molecule has 1 aromatic heterocycles. The van der Waals surface area contributed by atoms with Crippen molar-refractivity contribution in [2.45, 2.75) is 25.2 Å². The second-order valence-corrected chi connectivity index (χ2v) is 7.24. The minimum absolute atomic E-state index is 0.114. The van der Waals surface area contributed by atoms with Crippen LogP contribution < -0.4 is 5.56 Å². The zero-order chi connectivity index (χ0) is 17.7. The molecule has 0 fully saturated rings. The Morgan fingerprint density at radius 2 is 1.96 bits per heavy atom. The molecule has 0 amide bonds. The summed E-state index contributed by atoms with van der Waals surface area (Å²) in [4.78, 5) is 12.0. The van der Waals surface area contributed by atoms with Gasteiger partial charge in [0, 0.05) is 30.8 Å². The molecule has 0 aliphatic rings. The number of hydrogen-bond donors (Lipinski definition) is 0. The highest BCUT2D eigenvalue weighted by molar-refractivity contribution is 7.91. The van der Waals surface area contributed by atoms with Gasteiger partial charge in [-0.25, -0.2) is 8.42 Å². The molecule has 0 aliphatic carbocycles.